The van der Waals surface area contributed by atoms with Crippen LogP contribution >= 0.6 is 15.9 Å². The summed E-state index contributed by atoms with van der Waals surface area (Å²) in [5.74, 6) is 0.641. The minimum Gasteiger partial charge on any atom is -0.494 e. The standard InChI is InChI=1S/C28H31BrN2O5/c1-2-3-14-35-21-7-4-6-19(17-21)25-24-26(32)22-18-20(29)8-9-23(22)36-27(24)28(33)31(25)11-5-10-30-12-15-34-16-13-30/h4,6-9,17-18,25H,2-3,5,10-16H2,1H3. The fourth-order valence-corrected chi connectivity index (χ4v) is 5.33. The number of unbranched alkanes of at least 4 members (excludes halogenated alkanes) is 1. The molecule has 1 unspecified atom stereocenters. The highest BCUT2D eigenvalue weighted by Gasteiger charge is 2.42. The third-order valence-electron chi connectivity index (χ3n) is 6.85. The van der Waals surface area contributed by atoms with E-state index in [0.29, 0.717) is 29.7 Å². The first kappa shape index (κ1) is 25.0. The second kappa shape index (κ2) is 11.2. The first-order valence-electron chi connectivity index (χ1n) is 12.7. The Morgan fingerprint density at radius 1 is 1.06 bits per heavy atom. The summed E-state index contributed by atoms with van der Waals surface area (Å²) in [4.78, 5) is 31.5. The van der Waals surface area contributed by atoms with E-state index in [4.69, 9.17) is 13.9 Å². The van der Waals surface area contributed by atoms with Crippen molar-refractivity contribution in [1.82, 2.24) is 9.80 Å². The lowest BCUT2D eigenvalue weighted by molar-refractivity contribution is 0.0353. The maximum Gasteiger partial charge on any atom is 0.290 e. The molecular formula is C28H31BrN2O5. The van der Waals surface area contributed by atoms with E-state index < -0.39 is 6.04 Å². The quantitative estimate of drug-likeness (QED) is 0.346. The van der Waals surface area contributed by atoms with E-state index in [1.54, 1.807) is 17.0 Å². The van der Waals surface area contributed by atoms with Gasteiger partial charge in [-0.1, -0.05) is 41.4 Å². The zero-order chi connectivity index (χ0) is 25.1. The first-order valence-corrected chi connectivity index (χ1v) is 13.5. The van der Waals surface area contributed by atoms with Gasteiger partial charge in [0.05, 0.1) is 36.8 Å². The Kier molecular flexibility index (Phi) is 7.74. The van der Waals surface area contributed by atoms with Crippen molar-refractivity contribution >= 4 is 32.8 Å². The summed E-state index contributed by atoms with van der Waals surface area (Å²) in [6.07, 6.45) is 2.81. The third kappa shape index (κ3) is 5.08. The highest BCUT2D eigenvalue weighted by Crippen LogP contribution is 2.39. The third-order valence-corrected chi connectivity index (χ3v) is 7.34. The zero-order valence-electron chi connectivity index (χ0n) is 20.5. The smallest absolute Gasteiger partial charge is 0.290 e. The molecule has 1 atom stereocenters. The molecular weight excluding hydrogens is 524 g/mol. The van der Waals surface area contributed by atoms with E-state index >= 15 is 0 Å². The van der Waals surface area contributed by atoms with Crippen LogP contribution in [0.15, 0.2) is 56.1 Å². The molecule has 3 heterocycles. The van der Waals surface area contributed by atoms with Gasteiger partial charge in [0.15, 0.2) is 5.43 Å². The second-order valence-electron chi connectivity index (χ2n) is 9.30. The molecule has 0 N–H and O–H groups in total. The summed E-state index contributed by atoms with van der Waals surface area (Å²) in [5, 5.41) is 0.464. The molecule has 3 aromatic rings. The number of hydrogen-bond acceptors (Lipinski definition) is 6. The van der Waals surface area contributed by atoms with Crippen LogP contribution in [0.3, 0.4) is 0 Å². The maximum atomic E-state index is 13.8. The average Bonchev–Trinajstić information content (AvgIpc) is 3.17. The number of halogens is 1. The van der Waals surface area contributed by atoms with E-state index in [9.17, 15) is 9.59 Å². The Morgan fingerprint density at radius 3 is 2.69 bits per heavy atom. The topological polar surface area (TPSA) is 72.2 Å². The van der Waals surface area contributed by atoms with Crippen LogP contribution in [-0.4, -0.2) is 61.7 Å². The fraction of sp³-hybridized carbons (Fsp3) is 0.429. The summed E-state index contributed by atoms with van der Waals surface area (Å²) >= 11 is 3.45. The van der Waals surface area contributed by atoms with Gasteiger partial charge in [-0.2, -0.15) is 0 Å². The number of hydrogen-bond donors (Lipinski definition) is 0. The molecule has 1 aromatic heterocycles. The number of nitrogens with zero attached hydrogens (tertiary/aromatic N) is 2. The Morgan fingerprint density at radius 2 is 1.89 bits per heavy atom. The first-order chi connectivity index (χ1) is 17.6. The van der Waals surface area contributed by atoms with Crippen LogP contribution in [-0.2, 0) is 4.74 Å². The number of carbonyl (C=O) groups excluding carboxylic acids is 1. The Balaban J connectivity index is 1.51. The van der Waals surface area contributed by atoms with Gasteiger partial charge in [0.2, 0.25) is 5.76 Å². The van der Waals surface area contributed by atoms with Gasteiger partial charge in [-0.25, -0.2) is 0 Å². The van der Waals surface area contributed by atoms with E-state index in [1.165, 1.54) is 0 Å². The largest absolute Gasteiger partial charge is 0.494 e. The van der Waals surface area contributed by atoms with Crippen molar-refractivity contribution in [2.45, 2.75) is 32.2 Å². The summed E-state index contributed by atoms with van der Waals surface area (Å²) < 4.78 is 18.3. The van der Waals surface area contributed by atoms with Crippen LogP contribution in [0.1, 0.15) is 53.9 Å². The Hall–Kier alpha value is -2.68. The number of morpholine rings is 1. The van der Waals surface area contributed by atoms with Crippen molar-refractivity contribution in [2.75, 3.05) is 46.0 Å². The minimum atomic E-state index is -0.522. The molecule has 2 aliphatic rings. The van der Waals surface area contributed by atoms with Gasteiger partial charge < -0.3 is 18.8 Å². The van der Waals surface area contributed by atoms with Gasteiger partial charge in [-0.05, 0) is 48.7 Å². The van der Waals surface area contributed by atoms with Crippen LogP contribution in [0.5, 0.6) is 5.75 Å². The molecule has 2 aliphatic heterocycles. The van der Waals surface area contributed by atoms with Gasteiger partial charge in [-0.3, -0.25) is 14.5 Å². The van der Waals surface area contributed by atoms with Gasteiger partial charge in [-0.15, -0.1) is 0 Å². The van der Waals surface area contributed by atoms with Crippen molar-refractivity contribution in [2.24, 2.45) is 0 Å². The van der Waals surface area contributed by atoms with Crippen LogP contribution in [0, 0.1) is 0 Å². The number of fused-ring (bicyclic) bond motifs is 2. The molecule has 2 aromatic carbocycles. The Labute approximate surface area is 219 Å². The average molecular weight is 555 g/mol. The van der Waals surface area contributed by atoms with E-state index in [0.717, 1.165) is 67.9 Å². The Bertz CT molecular complexity index is 1300. The fourth-order valence-electron chi connectivity index (χ4n) is 4.97. The summed E-state index contributed by atoms with van der Waals surface area (Å²) in [6.45, 7) is 7.41. The number of carbonyl (C=O) groups is 1. The lowest BCUT2D eigenvalue weighted by Crippen LogP contribution is -2.38. The van der Waals surface area contributed by atoms with Gasteiger partial charge in [0.25, 0.3) is 5.91 Å². The second-order valence-corrected chi connectivity index (χ2v) is 10.2. The van der Waals surface area contributed by atoms with E-state index in [-0.39, 0.29) is 17.1 Å². The van der Waals surface area contributed by atoms with Crippen molar-refractivity contribution < 1.29 is 18.7 Å². The summed E-state index contributed by atoms with van der Waals surface area (Å²) in [6, 6.07) is 12.5. The lowest BCUT2D eigenvalue weighted by Gasteiger charge is -2.29. The molecule has 36 heavy (non-hydrogen) atoms. The molecule has 7 nitrogen and oxygen atoms in total. The van der Waals surface area contributed by atoms with Crippen molar-refractivity contribution in [3.63, 3.8) is 0 Å². The molecule has 0 spiro atoms. The predicted octanol–water partition coefficient (Wildman–Crippen LogP) is 5.00. The number of benzene rings is 2. The maximum absolute atomic E-state index is 13.8. The molecule has 1 saturated heterocycles. The van der Waals surface area contributed by atoms with Crippen LogP contribution < -0.4 is 10.2 Å². The number of rotatable bonds is 9. The summed E-state index contributed by atoms with van der Waals surface area (Å²) in [7, 11) is 0. The highest BCUT2D eigenvalue weighted by molar-refractivity contribution is 9.10. The molecule has 0 bridgehead atoms. The number of ether oxygens (including phenoxy) is 2. The van der Waals surface area contributed by atoms with Crippen LogP contribution in [0.2, 0.25) is 0 Å². The normalized spacial score (nSPS) is 18.1. The highest BCUT2D eigenvalue weighted by atomic mass is 79.9. The van der Waals surface area contributed by atoms with Gasteiger partial charge in [0, 0.05) is 30.7 Å². The molecule has 5 rings (SSSR count). The molecule has 1 amide bonds. The molecule has 1 fully saturated rings. The van der Waals surface area contributed by atoms with Gasteiger partial charge >= 0.3 is 0 Å². The van der Waals surface area contributed by atoms with E-state index in [2.05, 4.69) is 27.8 Å². The van der Waals surface area contributed by atoms with Crippen molar-refractivity contribution in [1.29, 1.82) is 0 Å². The minimum absolute atomic E-state index is 0.142. The molecule has 190 valence electrons. The molecule has 0 aliphatic carbocycles. The SMILES string of the molecule is CCCCOc1cccc(C2c3c(oc4ccc(Br)cc4c3=O)C(=O)N2CCCN2CCOCC2)c1. The summed E-state index contributed by atoms with van der Waals surface area (Å²) in [5.41, 5.74) is 1.51. The molecule has 0 radical (unpaired) electrons. The molecule has 0 saturated carbocycles. The monoisotopic (exact) mass is 554 g/mol. The van der Waals surface area contributed by atoms with Crippen LogP contribution in [0.25, 0.3) is 11.0 Å². The van der Waals surface area contributed by atoms with Crippen molar-refractivity contribution in [3.8, 4) is 5.75 Å². The van der Waals surface area contributed by atoms with Gasteiger partial charge in [0.1, 0.15) is 11.3 Å². The lowest BCUT2D eigenvalue weighted by atomic mass is 9.98. The van der Waals surface area contributed by atoms with E-state index in [1.807, 2.05) is 30.3 Å². The van der Waals surface area contributed by atoms with Crippen LogP contribution in [0.4, 0.5) is 0 Å². The molecule has 8 heteroatoms. The van der Waals surface area contributed by atoms with Crippen molar-refractivity contribution in [3.05, 3.63) is 74.0 Å². The zero-order valence-corrected chi connectivity index (χ0v) is 22.1. The predicted molar refractivity (Wildman–Crippen MR) is 142 cm³/mol. The number of amides is 1.